The molecule has 0 saturated heterocycles. The second kappa shape index (κ2) is 9.75. The molecule has 7 heavy (non-hydrogen) atoms. The van der Waals surface area contributed by atoms with Gasteiger partial charge in [0.25, 0.3) is 0 Å². The topological polar surface area (TPSA) is 26.0 Å². The number of hydrogen-bond donors (Lipinski definition) is 1. The third-order valence-corrected chi connectivity index (χ3v) is 0.724. The smallest absolute Gasteiger partial charge is 0.483 e. The Labute approximate surface area is 57.8 Å². The third-order valence-electron chi connectivity index (χ3n) is 0.724. The zero-order valence-electron chi connectivity index (χ0n) is 5.28. The first-order chi connectivity index (χ1) is 2.91. The molecule has 0 radical (unpaired) electrons. The monoisotopic (exact) mass is 93.1 g/mol. The number of hydrogen-bond acceptors (Lipinski definition) is 1. The molecule has 0 bridgehead atoms. The average Bonchev–Trinajstić information content (AvgIpc) is 1.61. The van der Waals surface area contributed by atoms with Gasteiger partial charge < -0.3 is 5.73 Å². The Bertz CT molecular complexity index is 20.0. The van der Waals surface area contributed by atoms with Crippen LogP contribution in [0.3, 0.4) is 0 Å². The fraction of sp³-hybridized carbons (Fsp3) is 0.800. The van der Waals surface area contributed by atoms with Crippen molar-refractivity contribution in [3.05, 3.63) is 6.54 Å². The molecule has 38 valence electrons. The van der Waals surface area contributed by atoms with Crippen LogP contribution in [0.2, 0.25) is 0 Å². The van der Waals surface area contributed by atoms with Crippen LogP contribution in [-0.4, -0.2) is 0 Å². The molecule has 0 spiro atoms. The quantitative estimate of drug-likeness (QED) is 0.251. The van der Waals surface area contributed by atoms with Crippen LogP contribution in [0.1, 0.15) is 26.2 Å². The van der Waals surface area contributed by atoms with Gasteiger partial charge in [-0.25, -0.2) is 0 Å². The van der Waals surface area contributed by atoms with Crippen LogP contribution >= 0.6 is 0 Å². The summed E-state index contributed by atoms with van der Waals surface area (Å²) in [6, 6.07) is 0. The molecule has 0 fully saturated rings. The summed E-state index contributed by atoms with van der Waals surface area (Å²) in [5.74, 6) is 0. The molecule has 0 atom stereocenters. The Hall–Kier alpha value is 0.557. The van der Waals surface area contributed by atoms with Crippen molar-refractivity contribution in [3.63, 3.8) is 0 Å². The van der Waals surface area contributed by atoms with Gasteiger partial charge in [0.05, 0.1) is 0 Å². The minimum Gasteiger partial charge on any atom is -0.483 e. The molecule has 0 aliphatic rings. The maximum atomic E-state index is 5.09. The van der Waals surface area contributed by atoms with E-state index in [1.165, 1.54) is 12.8 Å². The fourth-order valence-corrected chi connectivity index (χ4v) is 0.322. The van der Waals surface area contributed by atoms with Crippen LogP contribution in [0.15, 0.2) is 0 Å². The van der Waals surface area contributed by atoms with Crippen LogP contribution in [-0.2, 0) is 0 Å². The molecule has 0 heterocycles. The van der Waals surface area contributed by atoms with Crippen LogP contribution in [0, 0.1) is 6.54 Å². The van der Waals surface area contributed by atoms with Crippen LogP contribution < -0.4 is 24.6 Å². The second-order valence-corrected chi connectivity index (χ2v) is 1.38. The van der Waals surface area contributed by atoms with E-state index in [9.17, 15) is 0 Å². The summed E-state index contributed by atoms with van der Waals surface area (Å²) in [5, 5.41) is 0. The zero-order valence-corrected chi connectivity index (χ0v) is 5.28. The first kappa shape index (κ1) is 10.5. The molecule has 0 aromatic rings. The minimum atomic E-state index is 0. The summed E-state index contributed by atoms with van der Waals surface area (Å²) in [4.78, 5) is 0. The molecule has 0 unspecified atom stereocenters. The van der Waals surface area contributed by atoms with Gasteiger partial charge in [0.1, 0.15) is 0 Å². The molecule has 2 heteroatoms. The molecule has 2 N–H and O–H groups in total. The largest absolute Gasteiger partial charge is 1.00 e. The van der Waals surface area contributed by atoms with E-state index >= 15 is 0 Å². The van der Waals surface area contributed by atoms with E-state index in [4.69, 9.17) is 5.73 Å². The van der Waals surface area contributed by atoms with Gasteiger partial charge in [0.2, 0.25) is 0 Å². The number of unbranched alkanes of at least 4 members (excludes halogenated alkanes) is 2. The van der Waals surface area contributed by atoms with Gasteiger partial charge in [0, 0.05) is 0 Å². The molecular weight excluding hydrogens is 81.0 g/mol. The molecule has 0 amide bonds. The van der Waals surface area contributed by atoms with Crippen molar-refractivity contribution < 1.29 is 18.9 Å². The molecule has 0 aliphatic heterocycles. The molecule has 0 aliphatic carbocycles. The van der Waals surface area contributed by atoms with Crippen molar-refractivity contribution in [1.29, 1.82) is 0 Å². The SMILES string of the molecule is CCCC[CH-]N.[Li+]. The Morgan fingerprint density at radius 1 is 1.57 bits per heavy atom. The summed E-state index contributed by atoms with van der Waals surface area (Å²) >= 11 is 0. The van der Waals surface area contributed by atoms with Crippen molar-refractivity contribution in [1.82, 2.24) is 0 Å². The van der Waals surface area contributed by atoms with Gasteiger partial charge in [-0.05, 0) is 0 Å². The Kier molecular flexibility index (Phi) is 14.7. The van der Waals surface area contributed by atoms with Crippen LogP contribution in [0.5, 0.6) is 0 Å². The third kappa shape index (κ3) is 10.8. The van der Waals surface area contributed by atoms with Gasteiger partial charge in [-0.3, -0.25) is 6.54 Å². The normalized spacial score (nSPS) is 7.71. The second-order valence-electron chi connectivity index (χ2n) is 1.38. The van der Waals surface area contributed by atoms with Gasteiger partial charge in [-0.2, -0.15) is 6.42 Å². The van der Waals surface area contributed by atoms with Crippen LogP contribution in [0.25, 0.3) is 0 Å². The first-order valence-electron chi connectivity index (χ1n) is 2.45. The molecular formula is C5H12LiN. The van der Waals surface area contributed by atoms with E-state index in [2.05, 4.69) is 6.92 Å². The molecule has 0 rings (SSSR count). The molecule has 1 nitrogen and oxygen atoms in total. The van der Waals surface area contributed by atoms with Crippen LogP contribution in [0.4, 0.5) is 0 Å². The Morgan fingerprint density at radius 2 is 2.14 bits per heavy atom. The summed E-state index contributed by atoms with van der Waals surface area (Å²) in [7, 11) is 0. The van der Waals surface area contributed by atoms with E-state index in [1.807, 2.05) is 0 Å². The van der Waals surface area contributed by atoms with Crippen molar-refractivity contribution in [2.75, 3.05) is 0 Å². The maximum absolute atomic E-state index is 5.09. The molecule has 0 saturated carbocycles. The average molecular weight is 93.1 g/mol. The van der Waals surface area contributed by atoms with E-state index in [0.717, 1.165) is 6.42 Å². The van der Waals surface area contributed by atoms with Gasteiger partial charge >= 0.3 is 18.9 Å². The fourth-order valence-electron chi connectivity index (χ4n) is 0.322. The number of nitrogens with two attached hydrogens (primary N) is 1. The van der Waals surface area contributed by atoms with E-state index in [-0.39, 0.29) is 18.9 Å². The molecule has 0 aromatic carbocycles. The van der Waals surface area contributed by atoms with Crippen molar-refractivity contribution >= 4 is 0 Å². The van der Waals surface area contributed by atoms with E-state index in [1.54, 1.807) is 6.54 Å². The van der Waals surface area contributed by atoms with Crippen molar-refractivity contribution in [2.45, 2.75) is 26.2 Å². The van der Waals surface area contributed by atoms with Crippen molar-refractivity contribution in [3.8, 4) is 0 Å². The first-order valence-corrected chi connectivity index (χ1v) is 2.45. The van der Waals surface area contributed by atoms with Crippen molar-refractivity contribution in [2.24, 2.45) is 5.73 Å². The van der Waals surface area contributed by atoms with E-state index < -0.39 is 0 Å². The van der Waals surface area contributed by atoms with E-state index in [0.29, 0.717) is 0 Å². The summed E-state index contributed by atoms with van der Waals surface area (Å²) in [5.41, 5.74) is 5.09. The summed E-state index contributed by atoms with van der Waals surface area (Å²) in [6.07, 6.45) is 3.54. The summed E-state index contributed by atoms with van der Waals surface area (Å²) in [6.45, 7) is 3.87. The zero-order chi connectivity index (χ0) is 4.83. The standard InChI is InChI=1S/C5H12N.Li/c1-2-3-4-5-6;/h5H,2-4,6H2,1H3;/q-1;+1. The maximum Gasteiger partial charge on any atom is 1.00 e. The molecule has 0 aromatic heterocycles. The minimum absolute atomic E-state index is 0. The Morgan fingerprint density at radius 3 is 2.29 bits per heavy atom. The number of rotatable bonds is 3. The predicted molar refractivity (Wildman–Crippen MR) is 28.0 cm³/mol. The van der Waals surface area contributed by atoms with Gasteiger partial charge in [-0.15, -0.1) is 0 Å². The predicted octanol–water partition coefficient (Wildman–Crippen LogP) is -1.70. The van der Waals surface area contributed by atoms with Gasteiger partial charge in [-0.1, -0.05) is 19.8 Å². The Balaban J connectivity index is 0. The van der Waals surface area contributed by atoms with Gasteiger partial charge in [0.15, 0.2) is 0 Å². The summed E-state index contributed by atoms with van der Waals surface area (Å²) < 4.78 is 0.